The van der Waals surface area contributed by atoms with Crippen LogP contribution in [-0.4, -0.2) is 29.7 Å². The zero-order valence-electron chi connectivity index (χ0n) is 27.6. The van der Waals surface area contributed by atoms with Gasteiger partial charge in [-0.3, -0.25) is 0 Å². The number of carboxylic acids is 1. The molecule has 4 fully saturated rings. The molecule has 0 unspecified atom stereocenters. The van der Waals surface area contributed by atoms with E-state index in [1.165, 1.54) is 62.5 Å². The minimum Gasteiger partial charge on any atom is -0.478 e. The predicted molar refractivity (Wildman–Crippen MR) is 173 cm³/mol. The van der Waals surface area contributed by atoms with Crippen molar-refractivity contribution in [2.24, 2.45) is 62.9 Å². The summed E-state index contributed by atoms with van der Waals surface area (Å²) in [7, 11) is 0. The molecule has 0 amide bonds. The lowest BCUT2D eigenvalue weighted by Gasteiger charge is -2.72. The first-order chi connectivity index (χ1) is 19.7. The molecule has 232 valence electrons. The van der Waals surface area contributed by atoms with Gasteiger partial charge in [0.05, 0.1) is 5.56 Å². The monoisotopic (exact) mass is 574 g/mol. The topological polar surface area (TPSA) is 75.3 Å². The number of carboxylic acid groups (broad SMARTS) is 1. The molecule has 9 atom stereocenters. The zero-order chi connectivity index (χ0) is 30.3. The van der Waals surface area contributed by atoms with E-state index < -0.39 is 5.97 Å². The molecule has 0 aromatic heterocycles. The maximum absolute atomic E-state index is 11.5. The van der Waals surface area contributed by atoms with Gasteiger partial charge in [-0.2, -0.15) is 0 Å². The lowest BCUT2D eigenvalue weighted by Crippen LogP contribution is -2.68. The van der Waals surface area contributed by atoms with Crippen molar-refractivity contribution in [1.29, 1.82) is 0 Å². The van der Waals surface area contributed by atoms with Crippen LogP contribution in [0.1, 0.15) is 122 Å². The van der Waals surface area contributed by atoms with Crippen molar-refractivity contribution in [2.75, 3.05) is 13.1 Å². The van der Waals surface area contributed by atoms with E-state index in [-0.39, 0.29) is 10.8 Å². The molecule has 1 aromatic carbocycles. The van der Waals surface area contributed by atoms with Crippen LogP contribution in [0.25, 0.3) is 5.57 Å². The molecule has 4 nitrogen and oxygen atoms in total. The first-order valence-corrected chi connectivity index (χ1v) is 17.2. The van der Waals surface area contributed by atoms with Crippen molar-refractivity contribution in [1.82, 2.24) is 5.32 Å². The van der Waals surface area contributed by atoms with E-state index in [2.05, 4.69) is 59.9 Å². The van der Waals surface area contributed by atoms with Crippen molar-refractivity contribution in [3.05, 3.63) is 41.5 Å². The lowest BCUT2D eigenvalue weighted by molar-refractivity contribution is -0.221. The molecule has 0 saturated heterocycles. The maximum atomic E-state index is 11.5. The highest BCUT2D eigenvalue weighted by Gasteiger charge is 2.70. The maximum Gasteiger partial charge on any atom is 0.335 e. The summed E-state index contributed by atoms with van der Waals surface area (Å²) in [6, 6.07) is 7.64. The van der Waals surface area contributed by atoms with Crippen LogP contribution in [0.2, 0.25) is 0 Å². The number of hydrogen-bond donors (Lipinski definition) is 3. The molecule has 0 aliphatic heterocycles. The largest absolute Gasteiger partial charge is 0.478 e. The normalized spacial score (nSPS) is 44.0. The van der Waals surface area contributed by atoms with Crippen molar-refractivity contribution in [3.63, 3.8) is 0 Å². The molecule has 4 N–H and O–H groups in total. The van der Waals surface area contributed by atoms with Crippen LogP contribution >= 0.6 is 0 Å². The van der Waals surface area contributed by atoms with Gasteiger partial charge in [0, 0.05) is 18.6 Å². The third-order valence-corrected chi connectivity index (χ3v) is 15.0. The van der Waals surface area contributed by atoms with Crippen LogP contribution in [0.15, 0.2) is 30.3 Å². The summed E-state index contributed by atoms with van der Waals surface area (Å²) in [6.45, 7) is 19.8. The van der Waals surface area contributed by atoms with E-state index in [1.807, 2.05) is 12.1 Å². The van der Waals surface area contributed by atoms with Gasteiger partial charge in [0.2, 0.25) is 0 Å². The Kier molecular flexibility index (Phi) is 7.37. The van der Waals surface area contributed by atoms with E-state index in [0.29, 0.717) is 27.9 Å². The number of nitrogens with two attached hydrogens (primary N) is 1. The van der Waals surface area contributed by atoms with Gasteiger partial charge in [-0.25, -0.2) is 4.79 Å². The second kappa shape index (κ2) is 10.2. The molecule has 4 saturated carbocycles. The number of nitrogens with one attached hydrogen (secondary N) is 1. The molecular formula is C38H58N2O2. The molecule has 1 aromatic rings. The summed E-state index contributed by atoms with van der Waals surface area (Å²) in [5.41, 5.74) is 10.4. The highest BCUT2D eigenvalue weighted by molar-refractivity contribution is 5.88. The van der Waals surface area contributed by atoms with Crippen LogP contribution in [0.3, 0.4) is 0 Å². The number of rotatable bonds is 6. The van der Waals surface area contributed by atoms with Crippen molar-refractivity contribution >= 4 is 11.5 Å². The standard InChI is InChI=1S/C38H58N2O2/c1-24(2)27-14-19-38(40-23-22-39)21-20-36(6)29(32(27)38)12-13-31-35(5)17-15-28(25-8-10-26(11-9-25)33(41)42)34(3,4)30(35)16-18-37(31,36)7/h8-11,15,24,27,29-32,40H,12-14,16-23,39H2,1-7H3,(H,41,42)/t27-,29+,30-,31+,32+,35-,36+,37+,38-/m0/s1. The van der Waals surface area contributed by atoms with E-state index in [0.717, 1.165) is 49.1 Å². The fourth-order valence-corrected chi connectivity index (χ4v) is 12.9. The Labute approximate surface area is 255 Å². The summed E-state index contributed by atoms with van der Waals surface area (Å²) < 4.78 is 0. The summed E-state index contributed by atoms with van der Waals surface area (Å²) >= 11 is 0. The van der Waals surface area contributed by atoms with Crippen LogP contribution in [0.5, 0.6) is 0 Å². The molecule has 0 heterocycles. The number of fused-ring (bicyclic) bond motifs is 7. The van der Waals surface area contributed by atoms with Gasteiger partial charge in [-0.15, -0.1) is 0 Å². The van der Waals surface area contributed by atoms with E-state index in [9.17, 15) is 9.90 Å². The highest BCUT2D eigenvalue weighted by Crippen LogP contribution is 2.76. The molecule has 0 radical (unpaired) electrons. The Morgan fingerprint density at radius 3 is 2.29 bits per heavy atom. The zero-order valence-corrected chi connectivity index (χ0v) is 27.6. The molecule has 42 heavy (non-hydrogen) atoms. The van der Waals surface area contributed by atoms with Crippen molar-refractivity contribution in [3.8, 4) is 0 Å². The lowest BCUT2D eigenvalue weighted by atomic mass is 9.33. The Balaban J connectivity index is 1.35. The smallest absolute Gasteiger partial charge is 0.335 e. The summed E-state index contributed by atoms with van der Waals surface area (Å²) in [4.78, 5) is 11.5. The van der Waals surface area contributed by atoms with E-state index >= 15 is 0 Å². The first-order valence-electron chi connectivity index (χ1n) is 17.2. The summed E-state index contributed by atoms with van der Waals surface area (Å²) in [5.74, 6) is 3.64. The van der Waals surface area contributed by atoms with Crippen LogP contribution in [0.4, 0.5) is 0 Å². The summed E-state index contributed by atoms with van der Waals surface area (Å²) in [5, 5.41) is 13.5. The minimum absolute atomic E-state index is 0.0544. The Hall–Kier alpha value is -1.65. The third kappa shape index (κ3) is 4.09. The number of carbonyl (C=O) groups is 1. The van der Waals surface area contributed by atoms with Gasteiger partial charge in [0.15, 0.2) is 0 Å². The number of benzene rings is 1. The SMILES string of the molecule is CC(C)[C@@H]1CC[C@]2(NCCN)CC[C@]3(C)[C@H](CC[C@@H]4[C@@]5(C)CC=C(c6ccc(C(=O)O)cc6)C(C)(C)[C@@H]5CC[C@]43C)[C@@H]12. The number of hydrogen-bond acceptors (Lipinski definition) is 3. The fraction of sp³-hybridized carbons (Fsp3) is 0.763. The van der Waals surface area contributed by atoms with Crippen LogP contribution in [-0.2, 0) is 0 Å². The third-order valence-electron chi connectivity index (χ3n) is 15.0. The average Bonchev–Trinajstić information content (AvgIpc) is 3.32. The predicted octanol–water partition coefficient (Wildman–Crippen LogP) is 8.42. The van der Waals surface area contributed by atoms with E-state index in [1.54, 1.807) is 12.1 Å². The molecule has 5 aliphatic rings. The van der Waals surface area contributed by atoms with Crippen LogP contribution < -0.4 is 11.1 Å². The number of aromatic carboxylic acids is 1. The quantitative estimate of drug-likeness (QED) is 0.319. The Morgan fingerprint density at radius 2 is 1.64 bits per heavy atom. The number of allylic oxidation sites excluding steroid dienone is 2. The van der Waals surface area contributed by atoms with Gasteiger partial charge < -0.3 is 16.2 Å². The second-order valence-corrected chi connectivity index (χ2v) is 16.9. The van der Waals surface area contributed by atoms with Gasteiger partial charge >= 0.3 is 5.97 Å². The molecule has 6 rings (SSSR count). The van der Waals surface area contributed by atoms with Gasteiger partial charge in [0.1, 0.15) is 0 Å². The fourth-order valence-electron chi connectivity index (χ4n) is 12.9. The molecule has 5 aliphatic carbocycles. The van der Waals surface area contributed by atoms with Crippen molar-refractivity contribution in [2.45, 2.75) is 112 Å². The van der Waals surface area contributed by atoms with E-state index in [4.69, 9.17) is 5.73 Å². The Bertz CT molecular complexity index is 1230. The second-order valence-electron chi connectivity index (χ2n) is 16.9. The van der Waals surface area contributed by atoms with Crippen molar-refractivity contribution < 1.29 is 9.90 Å². The molecule has 0 bridgehead atoms. The minimum atomic E-state index is -0.853. The molecular weight excluding hydrogens is 516 g/mol. The van der Waals surface area contributed by atoms with Gasteiger partial charge in [0.25, 0.3) is 0 Å². The van der Waals surface area contributed by atoms with Gasteiger partial charge in [-0.1, -0.05) is 66.7 Å². The first kappa shape index (κ1) is 30.4. The summed E-state index contributed by atoms with van der Waals surface area (Å²) in [6.07, 6.45) is 14.4. The van der Waals surface area contributed by atoms with Crippen LogP contribution in [0, 0.1) is 57.2 Å². The average molecular weight is 575 g/mol. The van der Waals surface area contributed by atoms with Gasteiger partial charge in [-0.05, 0) is 138 Å². The highest BCUT2D eigenvalue weighted by atomic mass is 16.4. The molecule has 0 spiro atoms. The Morgan fingerprint density at radius 1 is 0.929 bits per heavy atom. The molecule has 4 heteroatoms.